The molecule has 21 heavy (non-hydrogen) atoms. The largest absolute Gasteiger partial charge is 0.323 e. The van der Waals surface area contributed by atoms with E-state index in [4.69, 9.17) is 5.84 Å². The molecule has 0 fully saturated rings. The second-order valence-corrected chi connectivity index (χ2v) is 5.98. The van der Waals surface area contributed by atoms with E-state index in [1.807, 2.05) is 45.0 Å². The van der Waals surface area contributed by atoms with Gasteiger partial charge in [0.15, 0.2) is 0 Å². The SMILES string of the molecule is Cc1ccc(NN)c(C(=O)Nc2c(C)cc(Br)cc2C)c1. The zero-order valence-electron chi connectivity index (χ0n) is 12.3. The minimum Gasteiger partial charge on any atom is -0.323 e. The highest BCUT2D eigenvalue weighted by Gasteiger charge is 2.14. The van der Waals surface area contributed by atoms with Crippen LogP contribution in [0.3, 0.4) is 0 Å². The molecule has 0 aliphatic rings. The van der Waals surface area contributed by atoms with E-state index in [9.17, 15) is 4.79 Å². The summed E-state index contributed by atoms with van der Waals surface area (Å²) in [5, 5.41) is 2.97. The molecule has 2 aromatic carbocycles. The number of halogens is 1. The summed E-state index contributed by atoms with van der Waals surface area (Å²) in [5.74, 6) is 5.29. The predicted octanol–water partition coefficient (Wildman–Crippen LogP) is 3.91. The number of nitrogens with one attached hydrogen (secondary N) is 2. The zero-order chi connectivity index (χ0) is 15.6. The van der Waals surface area contributed by atoms with Crippen molar-refractivity contribution in [2.45, 2.75) is 20.8 Å². The van der Waals surface area contributed by atoms with Crippen LogP contribution in [0.25, 0.3) is 0 Å². The van der Waals surface area contributed by atoms with Gasteiger partial charge in [0, 0.05) is 10.2 Å². The fraction of sp³-hybridized carbons (Fsp3) is 0.188. The van der Waals surface area contributed by atoms with Crippen molar-refractivity contribution in [1.29, 1.82) is 0 Å². The number of hydrazine groups is 1. The third-order valence-corrected chi connectivity index (χ3v) is 3.77. The number of hydrogen-bond donors (Lipinski definition) is 3. The molecule has 0 saturated carbocycles. The number of nitrogens with two attached hydrogens (primary N) is 1. The molecule has 0 aliphatic carbocycles. The Bertz CT molecular complexity index is 675. The second-order valence-electron chi connectivity index (χ2n) is 5.06. The van der Waals surface area contributed by atoms with Crippen LogP contribution in [-0.4, -0.2) is 5.91 Å². The summed E-state index contributed by atoms with van der Waals surface area (Å²) in [6.07, 6.45) is 0. The van der Waals surface area contributed by atoms with Gasteiger partial charge in [-0.1, -0.05) is 27.6 Å². The van der Waals surface area contributed by atoms with Gasteiger partial charge in [-0.3, -0.25) is 10.6 Å². The number of amides is 1. The molecule has 5 heteroatoms. The molecular formula is C16H18BrN3O. The lowest BCUT2D eigenvalue weighted by Gasteiger charge is -2.14. The fourth-order valence-corrected chi connectivity index (χ4v) is 2.95. The maximum atomic E-state index is 12.5. The van der Waals surface area contributed by atoms with E-state index >= 15 is 0 Å². The Morgan fingerprint density at radius 3 is 2.29 bits per heavy atom. The first-order valence-corrected chi connectivity index (χ1v) is 7.37. The van der Waals surface area contributed by atoms with Crippen LogP contribution in [0.4, 0.5) is 11.4 Å². The fourth-order valence-electron chi connectivity index (χ4n) is 2.26. The van der Waals surface area contributed by atoms with Crippen LogP contribution in [0.2, 0.25) is 0 Å². The van der Waals surface area contributed by atoms with Crippen molar-refractivity contribution >= 4 is 33.2 Å². The summed E-state index contributed by atoms with van der Waals surface area (Å²) in [7, 11) is 0. The summed E-state index contributed by atoms with van der Waals surface area (Å²) < 4.78 is 0.996. The lowest BCUT2D eigenvalue weighted by molar-refractivity contribution is 0.102. The Balaban J connectivity index is 2.37. The molecule has 0 aliphatic heterocycles. The van der Waals surface area contributed by atoms with Crippen molar-refractivity contribution in [2.24, 2.45) is 5.84 Å². The van der Waals surface area contributed by atoms with E-state index in [1.54, 1.807) is 6.07 Å². The van der Waals surface area contributed by atoms with Crippen LogP contribution in [0, 0.1) is 20.8 Å². The van der Waals surface area contributed by atoms with Crippen LogP contribution < -0.4 is 16.6 Å². The monoisotopic (exact) mass is 347 g/mol. The van der Waals surface area contributed by atoms with Crippen molar-refractivity contribution in [3.05, 3.63) is 57.1 Å². The van der Waals surface area contributed by atoms with Gasteiger partial charge in [-0.05, 0) is 56.2 Å². The van der Waals surface area contributed by atoms with Gasteiger partial charge in [0.25, 0.3) is 5.91 Å². The highest BCUT2D eigenvalue weighted by molar-refractivity contribution is 9.10. The van der Waals surface area contributed by atoms with Crippen LogP contribution in [0.5, 0.6) is 0 Å². The Morgan fingerprint density at radius 2 is 1.71 bits per heavy atom. The topological polar surface area (TPSA) is 67.1 Å². The number of carbonyl (C=O) groups excluding carboxylic acids is 1. The minimum absolute atomic E-state index is 0.180. The van der Waals surface area contributed by atoms with Gasteiger partial charge in [0.2, 0.25) is 0 Å². The second kappa shape index (κ2) is 6.28. The van der Waals surface area contributed by atoms with Crippen molar-refractivity contribution in [3.63, 3.8) is 0 Å². The molecule has 0 spiro atoms. The number of aryl methyl sites for hydroxylation is 3. The zero-order valence-corrected chi connectivity index (χ0v) is 13.8. The standard InChI is InChI=1S/C16H18BrN3O/c1-9-4-5-14(20-18)13(6-9)16(21)19-15-10(2)7-12(17)8-11(15)3/h4-8,20H,18H2,1-3H3,(H,19,21). The molecule has 0 unspecified atom stereocenters. The molecule has 1 amide bonds. The number of carbonyl (C=O) groups is 1. The van der Waals surface area contributed by atoms with Gasteiger partial charge < -0.3 is 10.7 Å². The third kappa shape index (κ3) is 3.43. The summed E-state index contributed by atoms with van der Waals surface area (Å²) in [6.45, 7) is 5.87. The van der Waals surface area contributed by atoms with Crippen molar-refractivity contribution in [1.82, 2.24) is 0 Å². The van der Waals surface area contributed by atoms with Crippen LogP contribution >= 0.6 is 15.9 Å². The van der Waals surface area contributed by atoms with Gasteiger partial charge in [0.1, 0.15) is 0 Å². The smallest absolute Gasteiger partial charge is 0.257 e. The molecule has 0 radical (unpaired) electrons. The van der Waals surface area contributed by atoms with Gasteiger partial charge in [0.05, 0.1) is 11.3 Å². The van der Waals surface area contributed by atoms with E-state index < -0.39 is 0 Å². The van der Waals surface area contributed by atoms with Gasteiger partial charge in [-0.2, -0.15) is 0 Å². The Morgan fingerprint density at radius 1 is 1.10 bits per heavy atom. The molecule has 2 aromatic rings. The number of anilines is 2. The highest BCUT2D eigenvalue weighted by atomic mass is 79.9. The Labute approximate surface area is 132 Å². The first-order valence-electron chi connectivity index (χ1n) is 6.57. The summed E-state index contributed by atoms with van der Waals surface area (Å²) >= 11 is 3.45. The summed E-state index contributed by atoms with van der Waals surface area (Å²) in [5.41, 5.74) is 7.53. The van der Waals surface area contributed by atoms with Crippen molar-refractivity contribution < 1.29 is 4.79 Å². The van der Waals surface area contributed by atoms with E-state index in [1.165, 1.54) is 0 Å². The van der Waals surface area contributed by atoms with E-state index in [2.05, 4.69) is 26.7 Å². The van der Waals surface area contributed by atoms with E-state index in [0.29, 0.717) is 11.3 Å². The average Bonchev–Trinajstić information content (AvgIpc) is 2.42. The molecule has 0 bridgehead atoms. The van der Waals surface area contributed by atoms with E-state index in [0.717, 1.165) is 26.9 Å². The highest BCUT2D eigenvalue weighted by Crippen LogP contribution is 2.26. The third-order valence-electron chi connectivity index (χ3n) is 3.31. The molecule has 0 atom stereocenters. The molecule has 0 heterocycles. The summed E-state index contributed by atoms with van der Waals surface area (Å²) in [6, 6.07) is 9.46. The normalized spacial score (nSPS) is 10.3. The Hall–Kier alpha value is -1.85. The molecule has 0 aromatic heterocycles. The van der Waals surface area contributed by atoms with Gasteiger partial charge in [-0.25, -0.2) is 0 Å². The summed E-state index contributed by atoms with van der Waals surface area (Å²) in [4.78, 5) is 12.5. The quantitative estimate of drug-likeness (QED) is 0.582. The predicted molar refractivity (Wildman–Crippen MR) is 90.6 cm³/mol. The lowest BCUT2D eigenvalue weighted by atomic mass is 10.1. The molecule has 2 rings (SSSR count). The lowest BCUT2D eigenvalue weighted by Crippen LogP contribution is -2.18. The van der Waals surface area contributed by atoms with Crippen LogP contribution in [0.1, 0.15) is 27.0 Å². The number of benzene rings is 2. The van der Waals surface area contributed by atoms with Gasteiger partial charge >= 0.3 is 0 Å². The number of nitrogen functional groups attached to an aromatic ring is 1. The first kappa shape index (κ1) is 15.5. The average molecular weight is 348 g/mol. The Kier molecular flexibility index (Phi) is 4.65. The van der Waals surface area contributed by atoms with E-state index in [-0.39, 0.29) is 5.91 Å². The van der Waals surface area contributed by atoms with Crippen molar-refractivity contribution in [2.75, 3.05) is 10.7 Å². The number of rotatable bonds is 3. The van der Waals surface area contributed by atoms with Gasteiger partial charge in [-0.15, -0.1) is 0 Å². The van der Waals surface area contributed by atoms with Crippen LogP contribution in [-0.2, 0) is 0 Å². The van der Waals surface area contributed by atoms with Crippen molar-refractivity contribution in [3.8, 4) is 0 Å². The molecule has 110 valence electrons. The van der Waals surface area contributed by atoms with Crippen LogP contribution in [0.15, 0.2) is 34.8 Å². The minimum atomic E-state index is -0.180. The number of hydrogen-bond acceptors (Lipinski definition) is 3. The maximum absolute atomic E-state index is 12.5. The molecule has 0 saturated heterocycles. The molecular weight excluding hydrogens is 330 g/mol. The molecule has 4 nitrogen and oxygen atoms in total. The molecule has 4 N–H and O–H groups in total. The first-order chi connectivity index (χ1) is 9.92. The maximum Gasteiger partial charge on any atom is 0.257 e.